The number of nitrogens with one attached hydrogen (secondary N) is 1. The van der Waals surface area contributed by atoms with Gasteiger partial charge >= 0.3 is 10.4 Å². The van der Waals surface area contributed by atoms with Crippen LogP contribution in [-0.2, 0) is 24.2 Å². The van der Waals surface area contributed by atoms with Crippen molar-refractivity contribution >= 4 is 45.0 Å². The predicted molar refractivity (Wildman–Crippen MR) is 156 cm³/mol. The number of carbonyl (C=O) groups is 2. The molecule has 224 valence electrons. The van der Waals surface area contributed by atoms with Crippen LogP contribution in [0.15, 0.2) is 12.1 Å². The van der Waals surface area contributed by atoms with Crippen molar-refractivity contribution in [3.05, 3.63) is 21.3 Å². The van der Waals surface area contributed by atoms with Crippen molar-refractivity contribution in [1.29, 1.82) is 0 Å². The Hall–Kier alpha value is -1.000. The van der Waals surface area contributed by atoms with Crippen LogP contribution >= 0.6 is 22.9 Å². The van der Waals surface area contributed by atoms with E-state index < -0.39 is 16.5 Å². The van der Waals surface area contributed by atoms with Gasteiger partial charge in [-0.3, -0.25) is 14.1 Å². The molecule has 0 radical (unpaired) electrons. The van der Waals surface area contributed by atoms with Crippen molar-refractivity contribution < 1.29 is 26.7 Å². The van der Waals surface area contributed by atoms with Gasteiger partial charge in [0.15, 0.2) is 0 Å². The summed E-state index contributed by atoms with van der Waals surface area (Å²) in [5.74, 6) is 1.40. The average Bonchev–Trinajstić information content (AvgIpc) is 3.45. The molecule has 0 aromatic carbocycles. The highest BCUT2D eigenvalue weighted by molar-refractivity contribution is 7.80. The number of Topliss-reactive ketones (excluding diaryl/α,β-unsaturated/α-hetero) is 1. The topological polar surface area (TPSA) is 110 Å². The normalized spacial score (nSPS) is 39.1. The minimum absolute atomic E-state index is 0.00852. The first-order valence-electron chi connectivity index (χ1n) is 15.0. The smallest absolute Gasteiger partial charge is 0.348 e. The van der Waals surface area contributed by atoms with E-state index in [1.54, 1.807) is 0 Å². The number of amides is 1. The van der Waals surface area contributed by atoms with Crippen LogP contribution in [0.4, 0.5) is 0 Å². The quantitative estimate of drug-likeness (QED) is 0.305. The molecule has 1 unspecified atom stereocenters. The van der Waals surface area contributed by atoms with E-state index in [0.29, 0.717) is 31.6 Å². The molecule has 5 rings (SSSR count). The lowest BCUT2D eigenvalue weighted by Crippen LogP contribution is -2.59. The van der Waals surface area contributed by atoms with E-state index >= 15 is 0 Å². The van der Waals surface area contributed by atoms with Crippen LogP contribution in [0.5, 0.6) is 0 Å². The third-order valence-corrected chi connectivity index (χ3v) is 13.5. The summed E-state index contributed by atoms with van der Waals surface area (Å²) >= 11 is 7.63. The Kier molecular flexibility index (Phi) is 8.57. The fourth-order valence-corrected chi connectivity index (χ4v) is 11.5. The van der Waals surface area contributed by atoms with Crippen molar-refractivity contribution in [2.75, 3.05) is 0 Å². The maximum atomic E-state index is 13.2. The van der Waals surface area contributed by atoms with Crippen LogP contribution in [0, 0.1) is 46.3 Å². The van der Waals surface area contributed by atoms with Gasteiger partial charge in [0, 0.05) is 24.1 Å². The number of fused-ring (bicyclic) bond motifs is 5. The molecular weight excluding hydrogens is 570 g/mol. The maximum Gasteiger partial charge on any atom is 0.397 e. The van der Waals surface area contributed by atoms with Gasteiger partial charge in [0.2, 0.25) is 5.91 Å². The van der Waals surface area contributed by atoms with E-state index in [1.807, 2.05) is 12.1 Å². The molecule has 4 fully saturated rings. The molecule has 0 spiro atoms. The zero-order valence-electron chi connectivity index (χ0n) is 24.0. The third kappa shape index (κ3) is 5.67. The highest BCUT2D eigenvalue weighted by Crippen LogP contribution is 2.68. The van der Waals surface area contributed by atoms with Crippen LogP contribution in [0.1, 0.15) is 103 Å². The SMILES string of the molecule is CCC(NC(=O)C[C@@H](C)[C@H]1CC[C@H]2[C@@H]3[C@H](OS(=O)(=O)O)C[C@@H]4CC(=O)CC[C@]4(C)[C@H]3CC[C@]12C)c1ccc(Cl)s1. The van der Waals surface area contributed by atoms with E-state index in [-0.39, 0.29) is 58.2 Å². The largest absolute Gasteiger partial charge is 0.397 e. The summed E-state index contributed by atoms with van der Waals surface area (Å²) in [7, 11) is -4.62. The molecule has 4 saturated carbocycles. The molecule has 1 heterocycles. The molecule has 7 nitrogen and oxygen atoms in total. The Morgan fingerprint density at radius 3 is 2.58 bits per heavy atom. The summed E-state index contributed by atoms with van der Waals surface area (Å²) in [6.45, 7) is 8.89. The van der Waals surface area contributed by atoms with Crippen LogP contribution in [0.3, 0.4) is 0 Å². The van der Waals surface area contributed by atoms with Gasteiger partial charge in [-0.25, -0.2) is 4.18 Å². The van der Waals surface area contributed by atoms with Gasteiger partial charge in [-0.05, 0) is 103 Å². The lowest BCUT2D eigenvalue weighted by molar-refractivity contribution is -0.164. The second kappa shape index (κ2) is 11.3. The number of halogens is 1. The molecule has 4 aliphatic carbocycles. The predicted octanol–water partition coefficient (Wildman–Crippen LogP) is 7.02. The number of hydrogen-bond donors (Lipinski definition) is 2. The van der Waals surface area contributed by atoms with Crippen LogP contribution in [0.25, 0.3) is 0 Å². The third-order valence-electron chi connectivity index (χ3n) is 11.7. The van der Waals surface area contributed by atoms with Gasteiger partial charge < -0.3 is 5.32 Å². The van der Waals surface area contributed by atoms with Gasteiger partial charge in [0.1, 0.15) is 5.78 Å². The van der Waals surface area contributed by atoms with E-state index in [1.165, 1.54) is 11.3 Å². The Labute approximate surface area is 248 Å². The van der Waals surface area contributed by atoms with E-state index in [4.69, 9.17) is 15.8 Å². The Balaban J connectivity index is 1.34. The molecule has 40 heavy (non-hydrogen) atoms. The van der Waals surface area contributed by atoms with Gasteiger partial charge in [-0.1, -0.05) is 39.3 Å². The standard InChI is InChI=1S/C30H44ClNO6S2/c1-5-23(25-8-9-26(31)39-25)32-27(34)14-17(2)20-6-7-21-28-22(11-13-30(20,21)4)29(3)12-10-19(33)15-18(29)16-24(28)38-40(35,36)37/h8-9,17-18,20-24,28H,5-7,10-16H2,1-4H3,(H,32,34)(H,35,36,37)/t17-,18+,20-,21+,22+,23?,24-,28+,29+,30-/m1/s1. The minimum atomic E-state index is -4.62. The van der Waals surface area contributed by atoms with Crippen LogP contribution in [-0.4, -0.2) is 30.8 Å². The highest BCUT2D eigenvalue weighted by atomic mass is 35.5. The zero-order chi connectivity index (χ0) is 29.0. The highest BCUT2D eigenvalue weighted by Gasteiger charge is 2.64. The number of carbonyl (C=O) groups excluding carboxylic acids is 2. The van der Waals surface area contributed by atoms with Crippen LogP contribution < -0.4 is 5.32 Å². The lowest BCUT2D eigenvalue weighted by Gasteiger charge is -2.62. The molecular formula is C30H44ClNO6S2. The van der Waals surface area contributed by atoms with Gasteiger partial charge in [0.05, 0.1) is 16.5 Å². The first-order chi connectivity index (χ1) is 18.7. The number of thiophene rings is 1. The molecule has 2 N–H and O–H groups in total. The maximum absolute atomic E-state index is 13.2. The first-order valence-corrected chi connectivity index (χ1v) is 17.5. The van der Waals surface area contributed by atoms with Crippen molar-refractivity contribution in [2.45, 2.75) is 104 Å². The molecule has 0 saturated heterocycles. The van der Waals surface area contributed by atoms with Crippen LogP contribution in [0.2, 0.25) is 4.34 Å². The van der Waals surface area contributed by atoms with E-state index in [0.717, 1.165) is 47.7 Å². The monoisotopic (exact) mass is 613 g/mol. The summed E-state index contributed by atoms with van der Waals surface area (Å²) in [6, 6.07) is 3.80. The zero-order valence-corrected chi connectivity index (χ0v) is 26.4. The lowest BCUT2D eigenvalue weighted by atomic mass is 9.44. The van der Waals surface area contributed by atoms with Gasteiger partial charge in [-0.2, -0.15) is 8.42 Å². The molecule has 1 amide bonds. The Bertz CT molecular complexity index is 1230. The van der Waals surface area contributed by atoms with E-state index in [2.05, 4.69) is 33.0 Å². The van der Waals surface area contributed by atoms with Crippen molar-refractivity contribution in [3.8, 4) is 0 Å². The molecule has 10 heteroatoms. The molecule has 0 bridgehead atoms. The summed E-state index contributed by atoms with van der Waals surface area (Å²) < 4.78 is 39.8. The second-order valence-electron chi connectivity index (χ2n) is 13.6. The van der Waals surface area contributed by atoms with Crippen molar-refractivity contribution in [1.82, 2.24) is 5.32 Å². The fraction of sp³-hybridized carbons (Fsp3) is 0.800. The fourth-order valence-electron chi connectivity index (χ4n) is 9.80. The molecule has 0 aliphatic heterocycles. The average molecular weight is 614 g/mol. The molecule has 10 atom stereocenters. The summed E-state index contributed by atoms with van der Waals surface area (Å²) in [4.78, 5) is 26.6. The van der Waals surface area contributed by atoms with Gasteiger partial charge in [-0.15, -0.1) is 11.3 Å². The molecule has 1 aromatic rings. The number of rotatable bonds is 8. The second-order valence-corrected chi connectivity index (χ2v) is 16.4. The van der Waals surface area contributed by atoms with Crippen molar-refractivity contribution in [2.24, 2.45) is 46.3 Å². The van der Waals surface area contributed by atoms with Crippen molar-refractivity contribution in [3.63, 3.8) is 0 Å². The molecule has 4 aliphatic rings. The molecule has 1 aromatic heterocycles. The van der Waals surface area contributed by atoms with E-state index in [9.17, 15) is 22.6 Å². The number of hydrogen-bond acceptors (Lipinski definition) is 6. The Morgan fingerprint density at radius 1 is 1.20 bits per heavy atom. The minimum Gasteiger partial charge on any atom is -0.348 e. The number of ketones is 1. The Morgan fingerprint density at radius 2 is 1.93 bits per heavy atom. The summed E-state index contributed by atoms with van der Waals surface area (Å²) in [5.41, 5.74) is -0.0662. The van der Waals surface area contributed by atoms with Gasteiger partial charge in [0.25, 0.3) is 0 Å². The summed E-state index contributed by atoms with van der Waals surface area (Å²) in [6.07, 6.45) is 6.95. The first kappa shape index (κ1) is 30.5. The summed E-state index contributed by atoms with van der Waals surface area (Å²) in [5, 5.41) is 3.22.